The summed E-state index contributed by atoms with van der Waals surface area (Å²) in [5, 5.41) is 18.9. The molecule has 0 aliphatic carbocycles. The number of anilines is 1. The predicted octanol–water partition coefficient (Wildman–Crippen LogP) is 3.72. The van der Waals surface area contributed by atoms with Crippen LogP contribution in [0.5, 0.6) is 0 Å². The monoisotopic (exact) mass is 380 g/mol. The standard InChI is InChI=1S/C20H20N4O4/c1-2-13-3-4-14-12-27-20(15(14)11-13)7-9-23(10-8-20)16-5-6-17(24(25)26)19-18(16)21-28-22-19/h3-6,11H,2,7-10,12H2,1H3. The molecular weight excluding hydrogens is 360 g/mol. The van der Waals surface area contributed by atoms with Crippen molar-refractivity contribution < 1.29 is 14.3 Å². The minimum atomic E-state index is -0.462. The Labute approximate surface area is 161 Å². The average Bonchev–Trinajstić information content (AvgIpc) is 3.33. The van der Waals surface area contributed by atoms with Crippen molar-refractivity contribution in [3.63, 3.8) is 0 Å². The Balaban J connectivity index is 1.44. The number of nitro groups is 1. The molecule has 144 valence electrons. The van der Waals surface area contributed by atoms with Crippen molar-refractivity contribution in [3.8, 4) is 0 Å². The van der Waals surface area contributed by atoms with E-state index in [2.05, 4.69) is 40.3 Å². The number of rotatable bonds is 3. The molecular formula is C20H20N4O4. The van der Waals surface area contributed by atoms with Crippen LogP contribution in [0.3, 0.4) is 0 Å². The van der Waals surface area contributed by atoms with Gasteiger partial charge in [-0.25, -0.2) is 4.63 Å². The van der Waals surface area contributed by atoms with Gasteiger partial charge in [0, 0.05) is 19.2 Å². The predicted molar refractivity (Wildman–Crippen MR) is 102 cm³/mol. The van der Waals surface area contributed by atoms with Crippen LogP contribution >= 0.6 is 0 Å². The Kier molecular flexibility index (Phi) is 3.83. The van der Waals surface area contributed by atoms with Crippen LogP contribution in [0.2, 0.25) is 0 Å². The second kappa shape index (κ2) is 6.27. The van der Waals surface area contributed by atoms with Crippen LogP contribution in [-0.4, -0.2) is 28.3 Å². The number of nitrogens with zero attached hydrogens (tertiary/aromatic N) is 4. The van der Waals surface area contributed by atoms with Gasteiger partial charge in [-0.1, -0.05) is 25.1 Å². The van der Waals surface area contributed by atoms with Gasteiger partial charge in [0.2, 0.25) is 5.52 Å². The number of non-ortho nitro benzene ring substituents is 1. The van der Waals surface area contributed by atoms with Crippen molar-refractivity contribution in [2.45, 2.75) is 38.4 Å². The summed E-state index contributed by atoms with van der Waals surface area (Å²) in [6.07, 6.45) is 2.73. The normalized spacial score (nSPS) is 18.0. The maximum absolute atomic E-state index is 11.2. The quantitative estimate of drug-likeness (QED) is 0.505. The van der Waals surface area contributed by atoms with Crippen molar-refractivity contribution in [1.82, 2.24) is 10.3 Å². The number of nitro benzene ring substituents is 1. The van der Waals surface area contributed by atoms with E-state index in [1.807, 2.05) is 0 Å². The lowest BCUT2D eigenvalue weighted by Crippen LogP contribution is -2.42. The van der Waals surface area contributed by atoms with Crippen LogP contribution in [0.4, 0.5) is 11.4 Å². The Bertz CT molecular complexity index is 1070. The largest absolute Gasteiger partial charge is 0.369 e. The van der Waals surface area contributed by atoms with Gasteiger partial charge in [-0.05, 0) is 52.3 Å². The van der Waals surface area contributed by atoms with Gasteiger partial charge < -0.3 is 9.64 Å². The highest BCUT2D eigenvalue weighted by Crippen LogP contribution is 2.45. The van der Waals surface area contributed by atoms with Crippen LogP contribution in [0.1, 0.15) is 36.5 Å². The summed E-state index contributed by atoms with van der Waals surface area (Å²) in [4.78, 5) is 12.9. The molecule has 0 amide bonds. The van der Waals surface area contributed by atoms with Crippen LogP contribution < -0.4 is 4.90 Å². The number of aromatic nitrogens is 2. The van der Waals surface area contributed by atoms with Gasteiger partial charge in [0.15, 0.2) is 5.52 Å². The highest BCUT2D eigenvalue weighted by Gasteiger charge is 2.43. The summed E-state index contributed by atoms with van der Waals surface area (Å²) in [5.74, 6) is 0. The molecule has 5 rings (SSSR count). The van der Waals surface area contributed by atoms with Crippen molar-refractivity contribution in [1.29, 1.82) is 0 Å². The maximum Gasteiger partial charge on any atom is 0.300 e. The zero-order valence-corrected chi connectivity index (χ0v) is 15.6. The number of fused-ring (bicyclic) bond motifs is 3. The van der Waals surface area contributed by atoms with Crippen LogP contribution in [0.15, 0.2) is 35.0 Å². The molecule has 2 aromatic carbocycles. The molecule has 0 radical (unpaired) electrons. The first-order chi connectivity index (χ1) is 13.6. The Hall–Kier alpha value is -3.00. The lowest BCUT2D eigenvalue weighted by molar-refractivity contribution is -0.383. The van der Waals surface area contributed by atoms with Crippen molar-refractivity contribution in [2.24, 2.45) is 0 Å². The summed E-state index contributed by atoms with van der Waals surface area (Å²) in [6, 6.07) is 9.88. The number of hydrogen-bond donors (Lipinski definition) is 0. The fourth-order valence-corrected chi connectivity index (χ4v) is 4.45. The first-order valence-electron chi connectivity index (χ1n) is 9.52. The fourth-order valence-electron chi connectivity index (χ4n) is 4.45. The smallest absolute Gasteiger partial charge is 0.300 e. The van der Waals surface area contributed by atoms with Crippen molar-refractivity contribution in [3.05, 3.63) is 57.1 Å². The Morgan fingerprint density at radius 3 is 2.71 bits per heavy atom. The number of piperidine rings is 1. The van der Waals surface area contributed by atoms with Gasteiger partial charge in [0.05, 0.1) is 22.8 Å². The molecule has 0 unspecified atom stereocenters. The molecule has 0 saturated carbocycles. The van der Waals surface area contributed by atoms with E-state index in [4.69, 9.17) is 9.37 Å². The number of ether oxygens (including phenoxy) is 1. The lowest BCUT2D eigenvalue weighted by atomic mass is 9.82. The Morgan fingerprint density at radius 1 is 1.18 bits per heavy atom. The number of benzene rings is 2. The third-order valence-corrected chi connectivity index (χ3v) is 6.06. The zero-order chi connectivity index (χ0) is 19.3. The zero-order valence-electron chi connectivity index (χ0n) is 15.6. The van der Waals surface area contributed by atoms with Gasteiger partial charge in [-0.15, -0.1) is 0 Å². The van der Waals surface area contributed by atoms with Gasteiger partial charge in [-0.3, -0.25) is 10.1 Å². The van der Waals surface area contributed by atoms with Crippen LogP contribution in [0, 0.1) is 10.1 Å². The first kappa shape index (κ1) is 17.1. The highest BCUT2D eigenvalue weighted by atomic mass is 16.6. The van der Waals surface area contributed by atoms with Crippen LogP contribution in [0.25, 0.3) is 11.0 Å². The molecule has 0 atom stereocenters. The van der Waals surface area contributed by atoms with Gasteiger partial charge in [0.1, 0.15) is 0 Å². The van der Waals surface area contributed by atoms with E-state index >= 15 is 0 Å². The molecule has 1 aromatic heterocycles. The number of aryl methyl sites for hydroxylation is 1. The molecule has 2 aliphatic heterocycles. The second-order valence-corrected chi connectivity index (χ2v) is 7.44. The van der Waals surface area contributed by atoms with Gasteiger partial charge >= 0.3 is 5.69 Å². The van der Waals surface area contributed by atoms with E-state index in [1.165, 1.54) is 22.8 Å². The molecule has 3 heterocycles. The van der Waals surface area contributed by atoms with E-state index < -0.39 is 4.92 Å². The van der Waals surface area contributed by atoms with Gasteiger partial charge in [-0.2, -0.15) is 0 Å². The first-order valence-corrected chi connectivity index (χ1v) is 9.52. The summed E-state index contributed by atoms with van der Waals surface area (Å²) >= 11 is 0. The molecule has 1 spiro atoms. The molecule has 1 fully saturated rings. The maximum atomic E-state index is 11.2. The lowest BCUT2D eigenvalue weighted by Gasteiger charge is -2.40. The molecule has 8 heteroatoms. The third-order valence-electron chi connectivity index (χ3n) is 6.06. The third kappa shape index (κ3) is 2.48. The molecule has 3 aromatic rings. The van der Waals surface area contributed by atoms with Gasteiger partial charge in [0.25, 0.3) is 0 Å². The Morgan fingerprint density at radius 2 is 1.96 bits per heavy atom. The summed E-state index contributed by atoms with van der Waals surface area (Å²) in [6.45, 7) is 4.37. The topological polar surface area (TPSA) is 94.5 Å². The molecule has 8 nitrogen and oxygen atoms in total. The van der Waals surface area contributed by atoms with Crippen LogP contribution in [-0.2, 0) is 23.4 Å². The molecule has 28 heavy (non-hydrogen) atoms. The summed E-state index contributed by atoms with van der Waals surface area (Å²) in [7, 11) is 0. The van der Waals surface area contributed by atoms with E-state index in [0.717, 1.165) is 38.0 Å². The molecule has 0 N–H and O–H groups in total. The summed E-state index contributed by atoms with van der Waals surface area (Å²) < 4.78 is 11.1. The number of hydrogen-bond acceptors (Lipinski definition) is 7. The van der Waals surface area contributed by atoms with E-state index in [-0.39, 0.29) is 16.8 Å². The van der Waals surface area contributed by atoms with E-state index in [1.54, 1.807) is 6.07 Å². The fraction of sp³-hybridized carbons (Fsp3) is 0.400. The second-order valence-electron chi connectivity index (χ2n) is 7.44. The molecule has 2 aliphatic rings. The summed E-state index contributed by atoms with van der Waals surface area (Å²) in [5.41, 5.74) is 5.05. The highest BCUT2D eigenvalue weighted by molar-refractivity contribution is 5.93. The molecule has 0 bridgehead atoms. The minimum absolute atomic E-state index is 0.0892. The SMILES string of the molecule is CCc1ccc2c(c1)C1(CCN(c3ccc([N+](=O)[O-])c4nonc34)CC1)OC2. The van der Waals surface area contributed by atoms with Crippen molar-refractivity contribution >= 4 is 22.4 Å². The average molecular weight is 380 g/mol. The van der Waals surface area contributed by atoms with E-state index in [9.17, 15) is 10.1 Å². The minimum Gasteiger partial charge on any atom is -0.369 e. The van der Waals surface area contributed by atoms with E-state index in [0.29, 0.717) is 12.1 Å². The van der Waals surface area contributed by atoms with Crippen molar-refractivity contribution in [2.75, 3.05) is 18.0 Å². The molecule has 1 saturated heterocycles.